The molecule has 0 aliphatic rings. The second-order valence-corrected chi connectivity index (χ2v) is 5.05. The summed E-state index contributed by atoms with van der Waals surface area (Å²) in [5.74, 6) is 0.814. The number of rotatable bonds is 6. The van der Waals surface area contributed by atoms with Crippen molar-refractivity contribution in [2.75, 3.05) is 6.54 Å². The molecule has 20 heavy (non-hydrogen) atoms. The van der Waals surface area contributed by atoms with Gasteiger partial charge in [-0.1, -0.05) is 31.2 Å². The summed E-state index contributed by atoms with van der Waals surface area (Å²) in [5, 5.41) is 3.32. The molecule has 0 amide bonds. The van der Waals surface area contributed by atoms with E-state index in [0.29, 0.717) is 0 Å². The molecule has 0 saturated carbocycles. The molecule has 1 heterocycles. The summed E-state index contributed by atoms with van der Waals surface area (Å²) in [5.41, 5.74) is 3.53. The fraction of sp³-hybridized carbons (Fsp3) is 0.353. The molecule has 0 atom stereocenters. The van der Waals surface area contributed by atoms with Crippen LogP contribution < -0.4 is 10.1 Å². The van der Waals surface area contributed by atoms with E-state index in [1.54, 1.807) is 6.20 Å². The molecule has 1 aromatic heterocycles. The van der Waals surface area contributed by atoms with E-state index in [1.807, 2.05) is 26.1 Å². The van der Waals surface area contributed by atoms with Crippen molar-refractivity contribution in [1.82, 2.24) is 10.3 Å². The highest BCUT2D eigenvalue weighted by atomic mass is 16.5. The summed E-state index contributed by atoms with van der Waals surface area (Å²) in [4.78, 5) is 4.25. The Morgan fingerprint density at radius 3 is 2.50 bits per heavy atom. The number of ether oxygens (including phenoxy) is 1. The van der Waals surface area contributed by atoms with Gasteiger partial charge in [-0.05, 0) is 37.6 Å². The van der Waals surface area contributed by atoms with E-state index >= 15 is 0 Å². The molecule has 1 aromatic carbocycles. The molecular formula is C17H22N2O. The monoisotopic (exact) mass is 270 g/mol. The Hall–Kier alpha value is -1.87. The number of nitrogens with one attached hydrogen (secondary N) is 1. The molecule has 3 nitrogen and oxygen atoms in total. The molecule has 3 heteroatoms. The van der Waals surface area contributed by atoms with E-state index in [-0.39, 0.29) is 6.10 Å². The predicted octanol–water partition coefficient (Wildman–Crippen LogP) is 3.65. The highest BCUT2D eigenvalue weighted by molar-refractivity contribution is 5.64. The summed E-state index contributed by atoms with van der Waals surface area (Å²) in [6, 6.07) is 10.6. The number of benzene rings is 1. The first-order valence-corrected chi connectivity index (χ1v) is 7.10. The van der Waals surface area contributed by atoms with E-state index in [2.05, 4.69) is 41.5 Å². The van der Waals surface area contributed by atoms with Crippen LogP contribution in [0.3, 0.4) is 0 Å². The first-order valence-electron chi connectivity index (χ1n) is 7.10. The van der Waals surface area contributed by atoms with Gasteiger partial charge in [0, 0.05) is 18.3 Å². The predicted molar refractivity (Wildman–Crippen MR) is 82.8 cm³/mol. The third-order valence-corrected chi connectivity index (χ3v) is 2.95. The zero-order valence-electron chi connectivity index (χ0n) is 12.4. The highest BCUT2D eigenvalue weighted by Gasteiger charge is 2.03. The van der Waals surface area contributed by atoms with E-state index in [0.717, 1.165) is 30.0 Å². The molecule has 0 saturated heterocycles. The largest absolute Gasteiger partial charge is 0.489 e. The minimum absolute atomic E-state index is 0.162. The minimum atomic E-state index is 0.162. The molecule has 0 spiro atoms. The van der Waals surface area contributed by atoms with Crippen molar-refractivity contribution in [3.05, 3.63) is 48.3 Å². The van der Waals surface area contributed by atoms with Gasteiger partial charge in [-0.25, -0.2) is 0 Å². The van der Waals surface area contributed by atoms with Gasteiger partial charge in [0.1, 0.15) is 5.75 Å². The van der Waals surface area contributed by atoms with Crippen LogP contribution in [-0.2, 0) is 6.54 Å². The molecule has 0 aliphatic heterocycles. The molecule has 0 bridgehead atoms. The maximum absolute atomic E-state index is 5.68. The average Bonchev–Trinajstić information content (AvgIpc) is 2.45. The van der Waals surface area contributed by atoms with Gasteiger partial charge in [0.2, 0.25) is 0 Å². The molecule has 106 valence electrons. The van der Waals surface area contributed by atoms with Gasteiger partial charge >= 0.3 is 0 Å². The highest BCUT2D eigenvalue weighted by Crippen LogP contribution is 2.23. The van der Waals surface area contributed by atoms with E-state index in [4.69, 9.17) is 4.74 Å². The van der Waals surface area contributed by atoms with Crippen LogP contribution in [0.1, 0.15) is 26.3 Å². The summed E-state index contributed by atoms with van der Waals surface area (Å²) in [6.45, 7) is 8.04. The molecule has 0 radical (unpaired) electrons. The number of nitrogens with zero attached hydrogens (tertiary/aromatic N) is 1. The Bertz CT molecular complexity index is 535. The zero-order valence-corrected chi connectivity index (χ0v) is 12.4. The van der Waals surface area contributed by atoms with E-state index in [9.17, 15) is 0 Å². The average molecular weight is 270 g/mol. The normalized spacial score (nSPS) is 10.8. The fourth-order valence-electron chi connectivity index (χ4n) is 2.00. The standard InChI is InChI=1S/C17H22N2O/c1-4-18-10-14-5-7-15(8-6-14)16-9-17(12-19-11-16)20-13(2)3/h5-9,11-13,18H,4,10H2,1-3H3. The molecule has 0 unspecified atom stereocenters. The van der Waals surface area contributed by atoms with Crippen molar-refractivity contribution in [1.29, 1.82) is 0 Å². The second-order valence-electron chi connectivity index (χ2n) is 5.05. The van der Waals surface area contributed by atoms with Gasteiger partial charge in [0.25, 0.3) is 0 Å². The lowest BCUT2D eigenvalue weighted by atomic mass is 10.1. The SMILES string of the molecule is CCNCc1ccc(-c2cncc(OC(C)C)c2)cc1. The first kappa shape index (κ1) is 14.5. The maximum Gasteiger partial charge on any atom is 0.138 e. The minimum Gasteiger partial charge on any atom is -0.489 e. The molecule has 2 aromatic rings. The van der Waals surface area contributed by atoms with Crippen molar-refractivity contribution in [2.24, 2.45) is 0 Å². The molecule has 2 rings (SSSR count). The molecule has 0 fully saturated rings. The molecule has 1 N–H and O–H groups in total. The smallest absolute Gasteiger partial charge is 0.138 e. The second kappa shape index (κ2) is 7.06. The van der Waals surface area contributed by atoms with Crippen LogP contribution >= 0.6 is 0 Å². The van der Waals surface area contributed by atoms with Gasteiger partial charge in [0.15, 0.2) is 0 Å². The van der Waals surface area contributed by atoms with Crippen LogP contribution in [0.15, 0.2) is 42.7 Å². The van der Waals surface area contributed by atoms with Gasteiger partial charge in [-0.3, -0.25) is 4.98 Å². The lowest BCUT2D eigenvalue weighted by molar-refractivity contribution is 0.241. The van der Waals surface area contributed by atoms with Crippen LogP contribution in [0.4, 0.5) is 0 Å². The first-order chi connectivity index (χ1) is 9.69. The number of aromatic nitrogens is 1. The van der Waals surface area contributed by atoms with Crippen molar-refractivity contribution in [3.63, 3.8) is 0 Å². The Labute approximate surface area is 121 Å². The van der Waals surface area contributed by atoms with Crippen molar-refractivity contribution in [2.45, 2.75) is 33.4 Å². The van der Waals surface area contributed by atoms with Crippen LogP contribution in [0.25, 0.3) is 11.1 Å². The van der Waals surface area contributed by atoms with Gasteiger partial charge in [0.05, 0.1) is 12.3 Å². The Kier molecular flexibility index (Phi) is 5.13. The van der Waals surface area contributed by atoms with Crippen molar-refractivity contribution >= 4 is 0 Å². The van der Waals surface area contributed by atoms with Crippen molar-refractivity contribution < 1.29 is 4.74 Å². The molecular weight excluding hydrogens is 248 g/mol. The summed E-state index contributed by atoms with van der Waals surface area (Å²) in [7, 11) is 0. The van der Waals surface area contributed by atoms with E-state index in [1.165, 1.54) is 5.56 Å². The summed E-state index contributed by atoms with van der Waals surface area (Å²) >= 11 is 0. The third kappa shape index (κ3) is 4.07. The molecule has 0 aliphatic carbocycles. The van der Waals surface area contributed by atoms with E-state index < -0.39 is 0 Å². The zero-order chi connectivity index (χ0) is 14.4. The van der Waals surface area contributed by atoms with Crippen LogP contribution in [-0.4, -0.2) is 17.6 Å². The topological polar surface area (TPSA) is 34.2 Å². The van der Waals surface area contributed by atoms with Crippen LogP contribution in [0.5, 0.6) is 5.75 Å². The number of pyridine rings is 1. The lowest BCUT2D eigenvalue weighted by Gasteiger charge is -2.10. The van der Waals surface area contributed by atoms with Gasteiger partial charge in [-0.15, -0.1) is 0 Å². The Balaban J connectivity index is 2.14. The van der Waals surface area contributed by atoms with Crippen molar-refractivity contribution in [3.8, 4) is 16.9 Å². The summed E-state index contributed by atoms with van der Waals surface area (Å²) in [6.07, 6.45) is 3.78. The maximum atomic E-state index is 5.68. The third-order valence-electron chi connectivity index (χ3n) is 2.95. The lowest BCUT2D eigenvalue weighted by Crippen LogP contribution is -2.11. The Morgan fingerprint density at radius 2 is 1.85 bits per heavy atom. The van der Waals surface area contributed by atoms with Crippen LogP contribution in [0.2, 0.25) is 0 Å². The Morgan fingerprint density at radius 1 is 1.10 bits per heavy atom. The van der Waals surface area contributed by atoms with Crippen LogP contribution in [0, 0.1) is 0 Å². The number of hydrogen-bond donors (Lipinski definition) is 1. The quantitative estimate of drug-likeness (QED) is 0.870. The summed E-state index contributed by atoms with van der Waals surface area (Å²) < 4.78 is 5.68. The van der Waals surface area contributed by atoms with Gasteiger partial charge in [-0.2, -0.15) is 0 Å². The fourth-order valence-corrected chi connectivity index (χ4v) is 2.00. The van der Waals surface area contributed by atoms with Gasteiger partial charge < -0.3 is 10.1 Å². The number of hydrogen-bond acceptors (Lipinski definition) is 3.